The zero-order chi connectivity index (χ0) is 20.2. The highest BCUT2D eigenvalue weighted by molar-refractivity contribution is 5.13. The van der Waals surface area contributed by atoms with Crippen LogP contribution in [0.1, 0.15) is 87.0 Å². The van der Waals surface area contributed by atoms with E-state index in [-0.39, 0.29) is 12.4 Å². The Labute approximate surface area is 168 Å². The molecule has 1 saturated carbocycles. The molecule has 158 valence electrons. The van der Waals surface area contributed by atoms with Gasteiger partial charge in [-0.1, -0.05) is 54.0 Å². The van der Waals surface area contributed by atoms with Crippen LogP contribution in [0.15, 0.2) is 12.3 Å². The van der Waals surface area contributed by atoms with Crippen molar-refractivity contribution in [3.05, 3.63) is 12.3 Å². The van der Waals surface area contributed by atoms with Gasteiger partial charge in [0.15, 0.2) is 6.29 Å². The minimum atomic E-state index is -0.0488. The van der Waals surface area contributed by atoms with E-state index in [4.69, 9.17) is 14.2 Å². The summed E-state index contributed by atoms with van der Waals surface area (Å²) in [5.41, 5.74) is 0.337. The van der Waals surface area contributed by atoms with E-state index in [1.165, 1.54) is 32.1 Å². The quantitative estimate of drug-likeness (QED) is 0.379. The van der Waals surface area contributed by atoms with Crippen molar-refractivity contribution in [1.29, 1.82) is 0 Å². The SMILES string of the molecule is C=C(OCC(CC)CC)[C@H]1CC1(C)CC[C@@H](C)OC1O[C@@H](C)C(C)C[C@H]1C. The second kappa shape index (κ2) is 9.78. The van der Waals surface area contributed by atoms with E-state index >= 15 is 0 Å². The van der Waals surface area contributed by atoms with E-state index in [1.54, 1.807) is 0 Å². The maximum Gasteiger partial charge on any atom is 0.160 e. The number of rotatable bonds is 11. The van der Waals surface area contributed by atoms with E-state index < -0.39 is 0 Å². The molecule has 1 heterocycles. The Morgan fingerprint density at radius 3 is 2.48 bits per heavy atom. The zero-order valence-electron chi connectivity index (χ0n) is 18.9. The van der Waals surface area contributed by atoms with E-state index in [0.717, 1.165) is 18.8 Å². The predicted molar refractivity (Wildman–Crippen MR) is 112 cm³/mol. The van der Waals surface area contributed by atoms with Crippen molar-refractivity contribution in [2.45, 2.75) is 105 Å². The van der Waals surface area contributed by atoms with Crippen LogP contribution in [0.4, 0.5) is 0 Å². The molecule has 1 aliphatic carbocycles. The number of ether oxygens (including phenoxy) is 3. The van der Waals surface area contributed by atoms with Gasteiger partial charge in [-0.05, 0) is 56.8 Å². The van der Waals surface area contributed by atoms with Gasteiger partial charge < -0.3 is 14.2 Å². The van der Waals surface area contributed by atoms with Gasteiger partial charge in [-0.2, -0.15) is 0 Å². The standard InChI is InChI=1S/C24H44O3/c1-9-21(10-2)15-25-20(7)22-14-24(22,8)12-11-18(5)26-23-17(4)13-16(3)19(6)27-23/h16-19,21-23H,7,9-15H2,1-6,8H3/t16?,17-,18-,19+,22-,23?,24?/m1/s1. The minimum absolute atomic E-state index is 0.0488. The summed E-state index contributed by atoms with van der Waals surface area (Å²) >= 11 is 0. The van der Waals surface area contributed by atoms with Crippen molar-refractivity contribution in [2.75, 3.05) is 6.61 Å². The van der Waals surface area contributed by atoms with Gasteiger partial charge in [0.1, 0.15) is 0 Å². The van der Waals surface area contributed by atoms with E-state index in [2.05, 4.69) is 55.0 Å². The van der Waals surface area contributed by atoms with Crippen LogP contribution in [0.25, 0.3) is 0 Å². The molecule has 2 aliphatic rings. The van der Waals surface area contributed by atoms with Crippen LogP contribution in [0.3, 0.4) is 0 Å². The number of allylic oxidation sites excluding steroid dienone is 1. The Bertz CT molecular complexity index is 472. The summed E-state index contributed by atoms with van der Waals surface area (Å²) in [6.45, 7) is 20.8. The van der Waals surface area contributed by atoms with Gasteiger partial charge in [-0.15, -0.1) is 0 Å². The van der Waals surface area contributed by atoms with Gasteiger partial charge in [-0.25, -0.2) is 0 Å². The third-order valence-corrected chi connectivity index (χ3v) is 7.25. The topological polar surface area (TPSA) is 27.7 Å². The van der Waals surface area contributed by atoms with Crippen molar-refractivity contribution < 1.29 is 14.2 Å². The van der Waals surface area contributed by atoms with Crippen LogP contribution in [-0.4, -0.2) is 25.1 Å². The third-order valence-electron chi connectivity index (χ3n) is 7.25. The highest BCUT2D eigenvalue weighted by Crippen LogP contribution is 2.59. The van der Waals surface area contributed by atoms with Crippen molar-refractivity contribution >= 4 is 0 Å². The van der Waals surface area contributed by atoms with Gasteiger partial charge in [0.2, 0.25) is 0 Å². The van der Waals surface area contributed by atoms with E-state index in [0.29, 0.717) is 35.2 Å². The van der Waals surface area contributed by atoms with Crippen LogP contribution >= 0.6 is 0 Å². The lowest BCUT2D eigenvalue weighted by Gasteiger charge is -2.38. The smallest absolute Gasteiger partial charge is 0.160 e. The molecule has 1 saturated heterocycles. The molecule has 0 aromatic rings. The molecule has 3 unspecified atom stereocenters. The van der Waals surface area contributed by atoms with Crippen molar-refractivity contribution in [1.82, 2.24) is 0 Å². The van der Waals surface area contributed by atoms with Crippen LogP contribution in [0, 0.1) is 29.1 Å². The fourth-order valence-electron chi connectivity index (χ4n) is 4.40. The fourth-order valence-corrected chi connectivity index (χ4v) is 4.40. The summed E-state index contributed by atoms with van der Waals surface area (Å²) < 4.78 is 18.4. The van der Waals surface area contributed by atoms with Crippen molar-refractivity contribution in [3.63, 3.8) is 0 Å². The summed E-state index contributed by atoms with van der Waals surface area (Å²) in [6.07, 6.45) is 7.46. The van der Waals surface area contributed by atoms with Crippen molar-refractivity contribution in [2.24, 2.45) is 29.1 Å². The molecule has 0 bridgehead atoms. The highest BCUT2D eigenvalue weighted by Gasteiger charge is 2.52. The maximum atomic E-state index is 6.27. The summed E-state index contributed by atoms with van der Waals surface area (Å²) in [6, 6.07) is 0. The van der Waals surface area contributed by atoms with E-state index in [9.17, 15) is 0 Å². The van der Waals surface area contributed by atoms with Gasteiger partial charge in [0.05, 0.1) is 24.6 Å². The Balaban J connectivity index is 1.71. The first-order chi connectivity index (χ1) is 12.7. The summed E-state index contributed by atoms with van der Waals surface area (Å²) in [7, 11) is 0. The Kier molecular flexibility index (Phi) is 8.24. The molecule has 27 heavy (non-hydrogen) atoms. The average molecular weight is 381 g/mol. The second-order valence-electron chi connectivity index (χ2n) is 9.76. The highest BCUT2D eigenvalue weighted by atomic mass is 16.7. The average Bonchev–Trinajstić information content (AvgIpc) is 3.31. The Hall–Kier alpha value is -0.540. The molecule has 0 amide bonds. The molecule has 1 aliphatic heterocycles. The Morgan fingerprint density at radius 2 is 1.85 bits per heavy atom. The molecule has 0 aromatic heterocycles. The second-order valence-corrected chi connectivity index (χ2v) is 9.76. The molecule has 0 spiro atoms. The minimum Gasteiger partial charge on any atom is -0.498 e. The molecule has 0 N–H and O–H groups in total. The number of hydrogen-bond donors (Lipinski definition) is 0. The predicted octanol–water partition coefficient (Wildman–Crippen LogP) is 6.57. The lowest BCUT2D eigenvalue weighted by molar-refractivity contribution is -0.244. The first kappa shape index (κ1) is 22.7. The Morgan fingerprint density at radius 1 is 1.19 bits per heavy atom. The van der Waals surface area contributed by atoms with Gasteiger partial charge >= 0.3 is 0 Å². The van der Waals surface area contributed by atoms with Gasteiger partial charge in [0, 0.05) is 11.8 Å². The molecule has 7 atom stereocenters. The molecule has 0 radical (unpaired) electrons. The first-order valence-electron chi connectivity index (χ1n) is 11.3. The van der Waals surface area contributed by atoms with Crippen molar-refractivity contribution in [3.8, 4) is 0 Å². The normalized spacial score (nSPS) is 37.3. The summed E-state index contributed by atoms with van der Waals surface area (Å²) in [5.74, 6) is 3.27. The fraction of sp³-hybridized carbons (Fsp3) is 0.917. The molecule has 3 heteroatoms. The molecule has 2 fully saturated rings. The molecule has 0 aromatic carbocycles. The summed E-state index contributed by atoms with van der Waals surface area (Å²) in [4.78, 5) is 0. The van der Waals surface area contributed by atoms with Gasteiger partial charge in [-0.3, -0.25) is 0 Å². The molecule has 2 rings (SSSR count). The lowest BCUT2D eigenvalue weighted by Crippen LogP contribution is -2.40. The molecular formula is C24H44O3. The summed E-state index contributed by atoms with van der Waals surface area (Å²) in [5, 5.41) is 0. The molecule has 3 nitrogen and oxygen atoms in total. The van der Waals surface area contributed by atoms with E-state index in [1.807, 2.05) is 0 Å². The zero-order valence-corrected chi connectivity index (χ0v) is 18.9. The third kappa shape index (κ3) is 6.22. The largest absolute Gasteiger partial charge is 0.498 e. The monoisotopic (exact) mass is 380 g/mol. The molecular weight excluding hydrogens is 336 g/mol. The van der Waals surface area contributed by atoms with Crippen LogP contribution in [0.2, 0.25) is 0 Å². The number of hydrogen-bond acceptors (Lipinski definition) is 3. The first-order valence-corrected chi connectivity index (χ1v) is 11.3. The van der Waals surface area contributed by atoms with Crippen LogP contribution in [0.5, 0.6) is 0 Å². The maximum absolute atomic E-state index is 6.27. The van der Waals surface area contributed by atoms with Gasteiger partial charge in [0.25, 0.3) is 0 Å². The lowest BCUT2D eigenvalue weighted by atomic mass is 9.90. The van der Waals surface area contributed by atoms with Crippen LogP contribution < -0.4 is 0 Å². The van der Waals surface area contributed by atoms with Crippen LogP contribution in [-0.2, 0) is 14.2 Å².